The first kappa shape index (κ1) is 15.6. The van der Waals surface area contributed by atoms with Crippen LogP contribution in [0, 0.1) is 0 Å². The van der Waals surface area contributed by atoms with Crippen molar-refractivity contribution in [2.75, 3.05) is 18.1 Å². The molecule has 1 N–H and O–H groups in total. The molecule has 1 nitrogen and oxygen atoms in total. The molecule has 0 aliphatic rings. The summed E-state index contributed by atoms with van der Waals surface area (Å²) in [6, 6.07) is 11.4. The lowest BCUT2D eigenvalue weighted by atomic mass is 10.0. The van der Waals surface area contributed by atoms with Gasteiger partial charge in [0.15, 0.2) is 0 Å². The van der Waals surface area contributed by atoms with Gasteiger partial charge in [-0.3, -0.25) is 0 Å². The predicted octanol–water partition coefficient (Wildman–Crippen LogP) is 4.65. The van der Waals surface area contributed by atoms with E-state index < -0.39 is 0 Å². The van der Waals surface area contributed by atoms with E-state index in [1.165, 1.54) is 42.8 Å². The molecule has 0 fully saturated rings. The number of thioether (sulfide) groups is 1. The first-order valence-corrected chi connectivity index (χ1v) is 8.40. The Morgan fingerprint density at radius 3 is 2.56 bits per heavy atom. The highest BCUT2D eigenvalue weighted by Gasteiger charge is 2.09. The van der Waals surface area contributed by atoms with Gasteiger partial charge in [0.1, 0.15) is 0 Å². The average molecular weight is 265 g/mol. The molecule has 1 atom stereocenters. The average Bonchev–Trinajstić information content (AvgIpc) is 2.43. The molecular formula is C16H27NS. The van der Waals surface area contributed by atoms with Crippen LogP contribution in [0.5, 0.6) is 0 Å². The topological polar surface area (TPSA) is 12.0 Å². The largest absolute Gasteiger partial charge is 0.310 e. The van der Waals surface area contributed by atoms with Crippen LogP contribution < -0.4 is 5.32 Å². The lowest BCUT2D eigenvalue weighted by molar-refractivity contribution is 0.482. The fraction of sp³-hybridized carbons (Fsp3) is 0.625. The Morgan fingerprint density at radius 2 is 1.89 bits per heavy atom. The van der Waals surface area contributed by atoms with Crippen molar-refractivity contribution < 1.29 is 0 Å². The van der Waals surface area contributed by atoms with Gasteiger partial charge < -0.3 is 5.32 Å². The molecule has 0 radical (unpaired) electrons. The maximum atomic E-state index is 3.72. The monoisotopic (exact) mass is 265 g/mol. The summed E-state index contributed by atoms with van der Waals surface area (Å²) < 4.78 is 0. The molecule has 0 saturated heterocycles. The van der Waals surface area contributed by atoms with Crippen LogP contribution in [0.3, 0.4) is 0 Å². The lowest BCUT2D eigenvalue weighted by Crippen LogP contribution is -2.23. The third-order valence-corrected chi connectivity index (χ3v) is 4.09. The highest BCUT2D eigenvalue weighted by molar-refractivity contribution is 7.99. The van der Waals surface area contributed by atoms with Crippen LogP contribution in [-0.2, 0) is 0 Å². The van der Waals surface area contributed by atoms with Crippen LogP contribution in [0.25, 0.3) is 0 Å². The molecule has 2 heteroatoms. The van der Waals surface area contributed by atoms with Crippen LogP contribution in [0.1, 0.15) is 51.1 Å². The first-order chi connectivity index (χ1) is 8.88. The SMILES string of the molecule is CCCCC(NCCCSCC)c1ccccc1. The quantitative estimate of drug-likeness (QED) is 0.618. The third-order valence-electron chi connectivity index (χ3n) is 3.11. The molecule has 0 aliphatic carbocycles. The predicted molar refractivity (Wildman–Crippen MR) is 84.3 cm³/mol. The van der Waals surface area contributed by atoms with Gasteiger partial charge in [-0.05, 0) is 36.5 Å². The molecule has 1 rings (SSSR count). The summed E-state index contributed by atoms with van der Waals surface area (Å²) in [4.78, 5) is 0. The molecule has 0 spiro atoms. The highest BCUT2D eigenvalue weighted by Crippen LogP contribution is 2.19. The van der Waals surface area contributed by atoms with Gasteiger partial charge in [-0.1, -0.05) is 57.0 Å². The van der Waals surface area contributed by atoms with Crippen molar-refractivity contribution in [1.82, 2.24) is 5.32 Å². The van der Waals surface area contributed by atoms with E-state index in [1.807, 2.05) is 11.8 Å². The minimum Gasteiger partial charge on any atom is -0.310 e. The molecule has 1 aromatic rings. The van der Waals surface area contributed by atoms with Crippen molar-refractivity contribution in [3.63, 3.8) is 0 Å². The summed E-state index contributed by atoms with van der Waals surface area (Å²) in [5.41, 5.74) is 1.44. The van der Waals surface area contributed by atoms with Crippen LogP contribution in [0.4, 0.5) is 0 Å². The van der Waals surface area contributed by atoms with Crippen molar-refractivity contribution in [1.29, 1.82) is 0 Å². The molecule has 0 amide bonds. The number of rotatable bonds is 10. The van der Waals surface area contributed by atoms with Crippen molar-refractivity contribution in [2.24, 2.45) is 0 Å². The number of nitrogens with one attached hydrogen (secondary N) is 1. The molecule has 0 saturated carbocycles. The molecule has 1 unspecified atom stereocenters. The lowest BCUT2D eigenvalue weighted by Gasteiger charge is -2.19. The van der Waals surface area contributed by atoms with Gasteiger partial charge in [0, 0.05) is 6.04 Å². The Balaban J connectivity index is 2.36. The fourth-order valence-corrected chi connectivity index (χ4v) is 2.71. The Morgan fingerprint density at radius 1 is 1.11 bits per heavy atom. The van der Waals surface area contributed by atoms with E-state index in [2.05, 4.69) is 49.5 Å². The second-order valence-electron chi connectivity index (χ2n) is 4.61. The van der Waals surface area contributed by atoms with E-state index in [1.54, 1.807) is 0 Å². The van der Waals surface area contributed by atoms with Crippen LogP contribution >= 0.6 is 11.8 Å². The van der Waals surface area contributed by atoms with Crippen molar-refractivity contribution in [3.05, 3.63) is 35.9 Å². The Hall–Kier alpha value is -0.470. The summed E-state index contributed by atoms with van der Waals surface area (Å²) in [5.74, 6) is 2.51. The first-order valence-electron chi connectivity index (χ1n) is 7.24. The fourth-order valence-electron chi connectivity index (χ4n) is 2.08. The van der Waals surface area contributed by atoms with Crippen LogP contribution in [0.15, 0.2) is 30.3 Å². The summed E-state index contributed by atoms with van der Waals surface area (Å²) in [7, 11) is 0. The van der Waals surface area contributed by atoms with Gasteiger partial charge in [-0.15, -0.1) is 0 Å². The van der Waals surface area contributed by atoms with E-state index >= 15 is 0 Å². The van der Waals surface area contributed by atoms with Crippen molar-refractivity contribution in [2.45, 2.75) is 45.6 Å². The van der Waals surface area contributed by atoms with Gasteiger partial charge in [-0.25, -0.2) is 0 Å². The van der Waals surface area contributed by atoms with Crippen LogP contribution in [0.2, 0.25) is 0 Å². The number of hydrogen-bond donors (Lipinski definition) is 1. The standard InChI is InChI=1S/C16H27NS/c1-3-5-12-16(15-10-7-6-8-11-15)17-13-9-14-18-4-2/h6-8,10-11,16-17H,3-5,9,12-14H2,1-2H3. The summed E-state index contributed by atoms with van der Waals surface area (Å²) in [6.07, 6.45) is 5.10. The van der Waals surface area contributed by atoms with E-state index in [4.69, 9.17) is 0 Å². The zero-order valence-electron chi connectivity index (χ0n) is 11.8. The second kappa shape index (κ2) is 10.5. The minimum absolute atomic E-state index is 0.540. The molecular weight excluding hydrogens is 238 g/mol. The van der Waals surface area contributed by atoms with E-state index in [-0.39, 0.29) is 0 Å². The van der Waals surface area contributed by atoms with E-state index in [9.17, 15) is 0 Å². The highest BCUT2D eigenvalue weighted by atomic mass is 32.2. The maximum Gasteiger partial charge on any atom is 0.0320 e. The number of hydrogen-bond acceptors (Lipinski definition) is 2. The molecule has 1 aromatic carbocycles. The summed E-state index contributed by atoms with van der Waals surface area (Å²) in [5, 5.41) is 3.72. The smallest absolute Gasteiger partial charge is 0.0320 e. The normalized spacial score (nSPS) is 12.6. The molecule has 0 aliphatic heterocycles. The third kappa shape index (κ3) is 6.46. The molecule has 0 bridgehead atoms. The van der Waals surface area contributed by atoms with Gasteiger partial charge in [0.2, 0.25) is 0 Å². The summed E-state index contributed by atoms with van der Waals surface area (Å²) in [6.45, 7) is 5.63. The Labute approximate surface area is 117 Å². The molecule has 18 heavy (non-hydrogen) atoms. The van der Waals surface area contributed by atoms with Gasteiger partial charge >= 0.3 is 0 Å². The minimum atomic E-state index is 0.540. The van der Waals surface area contributed by atoms with Gasteiger partial charge in [0.25, 0.3) is 0 Å². The molecule has 102 valence electrons. The van der Waals surface area contributed by atoms with Gasteiger partial charge in [-0.2, -0.15) is 11.8 Å². The Bertz CT molecular complexity index is 286. The maximum absolute atomic E-state index is 3.72. The van der Waals surface area contributed by atoms with Gasteiger partial charge in [0.05, 0.1) is 0 Å². The van der Waals surface area contributed by atoms with E-state index in [0.717, 1.165) is 6.54 Å². The molecule has 0 aromatic heterocycles. The number of benzene rings is 1. The Kier molecular flexibility index (Phi) is 9.05. The van der Waals surface area contributed by atoms with E-state index in [0.29, 0.717) is 6.04 Å². The van der Waals surface area contributed by atoms with Crippen molar-refractivity contribution >= 4 is 11.8 Å². The summed E-state index contributed by atoms with van der Waals surface area (Å²) >= 11 is 2.03. The molecule has 0 heterocycles. The van der Waals surface area contributed by atoms with Crippen LogP contribution in [-0.4, -0.2) is 18.1 Å². The number of unbranched alkanes of at least 4 members (excludes halogenated alkanes) is 1. The zero-order valence-corrected chi connectivity index (χ0v) is 12.6. The zero-order chi connectivity index (χ0) is 13.1. The second-order valence-corrected chi connectivity index (χ2v) is 6.00. The van der Waals surface area contributed by atoms with Crippen molar-refractivity contribution in [3.8, 4) is 0 Å².